The van der Waals surface area contributed by atoms with Crippen LogP contribution in [-0.2, 0) is 6.42 Å². The maximum atomic E-state index is 5.33. The zero-order chi connectivity index (χ0) is 9.38. The first kappa shape index (κ1) is 7.63. The lowest BCUT2D eigenvalue weighted by Gasteiger charge is -2.13. The summed E-state index contributed by atoms with van der Waals surface area (Å²) in [6.07, 6.45) is 5.62. The molecule has 3 rings (SSSR count). The molecular weight excluding hydrogens is 172 g/mol. The van der Waals surface area contributed by atoms with Crippen LogP contribution in [0.5, 0.6) is 5.75 Å². The molecule has 2 aromatic rings. The normalized spacial score (nSPS) is 13.7. The molecular formula is C13H9O. The Kier molecular flexibility index (Phi) is 1.57. The topological polar surface area (TPSA) is 9.23 Å². The number of ether oxygens (including phenoxy) is 1. The van der Waals surface area contributed by atoms with E-state index in [0.29, 0.717) is 0 Å². The minimum atomic E-state index is 0.913. The third-order valence-electron chi connectivity index (χ3n) is 2.56. The largest absolute Gasteiger partial charge is 0.453 e. The molecule has 0 N–H and O–H groups in total. The molecule has 1 heterocycles. The van der Waals surface area contributed by atoms with Gasteiger partial charge < -0.3 is 4.74 Å². The second-order valence-corrected chi connectivity index (χ2v) is 3.39. The van der Waals surface area contributed by atoms with E-state index in [1.165, 1.54) is 16.3 Å². The van der Waals surface area contributed by atoms with Crippen LogP contribution in [-0.4, -0.2) is 0 Å². The molecule has 0 aliphatic carbocycles. The lowest BCUT2D eigenvalue weighted by molar-refractivity contribution is 0.438. The van der Waals surface area contributed by atoms with Gasteiger partial charge in [0.1, 0.15) is 5.75 Å². The molecule has 2 aromatic carbocycles. The molecule has 0 saturated heterocycles. The summed E-state index contributed by atoms with van der Waals surface area (Å²) in [6.45, 7) is 0. The smallest absolute Gasteiger partial charge is 0.165 e. The summed E-state index contributed by atoms with van der Waals surface area (Å²) in [5.41, 5.74) is 1.27. The second kappa shape index (κ2) is 2.88. The second-order valence-electron chi connectivity index (χ2n) is 3.39. The van der Waals surface area contributed by atoms with Crippen molar-refractivity contribution < 1.29 is 4.74 Å². The maximum Gasteiger partial charge on any atom is 0.165 e. The SMILES string of the molecule is [C]1=CCc2c(ccc3ccccc23)O1. The minimum absolute atomic E-state index is 0.913. The Balaban J connectivity index is 2.37. The lowest BCUT2D eigenvalue weighted by atomic mass is 10.0. The maximum absolute atomic E-state index is 5.33. The van der Waals surface area contributed by atoms with Gasteiger partial charge in [0.25, 0.3) is 0 Å². The standard InChI is InChI=1S/C13H9O/c1-2-5-11-10(4-1)7-8-13-12(11)6-3-9-14-13/h1-5,7-8H,6H2. The highest BCUT2D eigenvalue weighted by Gasteiger charge is 2.09. The molecule has 67 valence electrons. The van der Waals surface area contributed by atoms with Crippen LogP contribution in [0.3, 0.4) is 0 Å². The number of fused-ring (bicyclic) bond motifs is 3. The Hall–Kier alpha value is -1.76. The zero-order valence-electron chi connectivity index (χ0n) is 7.66. The van der Waals surface area contributed by atoms with Gasteiger partial charge >= 0.3 is 0 Å². The molecule has 0 aromatic heterocycles. The van der Waals surface area contributed by atoms with Crippen molar-refractivity contribution in [3.8, 4) is 5.75 Å². The highest BCUT2D eigenvalue weighted by Crippen LogP contribution is 2.30. The molecule has 0 saturated carbocycles. The minimum Gasteiger partial charge on any atom is -0.453 e. The Labute approximate surface area is 82.6 Å². The van der Waals surface area contributed by atoms with Gasteiger partial charge in [-0.3, -0.25) is 0 Å². The van der Waals surface area contributed by atoms with Crippen molar-refractivity contribution in [3.05, 3.63) is 54.3 Å². The Morgan fingerprint density at radius 3 is 3.00 bits per heavy atom. The number of hydrogen-bond acceptors (Lipinski definition) is 1. The summed E-state index contributed by atoms with van der Waals surface area (Å²) in [7, 11) is 0. The van der Waals surface area contributed by atoms with E-state index in [4.69, 9.17) is 4.74 Å². The highest BCUT2D eigenvalue weighted by molar-refractivity contribution is 5.88. The summed E-state index contributed by atoms with van der Waals surface area (Å²) in [5, 5.41) is 2.55. The molecule has 14 heavy (non-hydrogen) atoms. The van der Waals surface area contributed by atoms with Crippen LogP contribution in [0.1, 0.15) is 5.56 Å². The van der Waals surface area contributed by atoms with Crippen molar-refractivity contribution in [2.45, 2.75) is 6.42 Å². The fourth-order valence-electron chi connectivity index (χ4n) is 1.87. The zero-order valence-corrected chi connectivity index (χ0v) is 7.66. The van der Waals surface area contributed by atoms with Gasteiger partial charge in [-0.25, -0.2) is 0 Å². The van der Waals surface area contributed by atoms with Crippen LogP contribution < -0.4 is 4.74 Å². The van der Waals surface area contributed by atoms with Crippen molar-refractivity contribution in [2.75, 3.05) is 0 Å². The molecule has 1 aliphatic rings. The third-order valence-corrected chi connectivity index (χ3v) is 2.56. The molecule has 0 fully saturated rings. The predicted molar refractivity (Wildman–Crippen MR) is 56.1 cm³/mol. The number of hydrogen-bond donors (Lipinski definition) is 0. The first-order chi connectivity index (χ1) is 6.95. The van der Waals surface area contributed by atoms with Crippen LogP contribution in [0, 0.1) is 6.26 Å². The van der Waals surface area contributed by atoms with Crippen LogP contribution >= 0.6 is 0 Å². The van der Waals surface area contributed by atoms with Crippen molar-refractivity contribution in [3.63, 3.8) is 0 Å². The van der Waals surface area contributed by atoms with Crippen molar-refractivity contribution in [1.82, 2.24) is 0 Å². The van der Waals surface area contributed by atoms with Crippen LogP contribution in [0.15, 0.2) is 42.5 Å². The van der Waals surface area contributed by atoms with Gasteiger partial charge in [0.15, 0.2) is 6.26 Å². The highest BCUT2D eigenvalue weighted by atomic mass is 16.5. The van der Waals surface area contributed by atoms with Crippen LogP contribution in [0.25, 0.3) is 10.8 Å². The predicted octanol–water partition coefficient (Wildman–Crippen LogP) is 3.09. The van der Waals surface area contributed by atoms with E-state index >= 15 is 0 Å². The molecule has 0 amide bonds. The van der Waals surface area contributed by atoms with Gasteiger partial charge in [-0.2, -0.15) is 0 Å². The first-order valence-electron chi connectivity index (χ1n) is 4.70. The van der Waals surface area contributed by atoms with Crippen molar-refractivity contribution in [2.24, 2.45) is 0 Å². The average molecular weight is 181 g/mol. The molecule has 1 radical (unpaired) electrons. The first-order valence-corrected chi connectivity index (χ1v) is 4.70. The molecule has 1 nitrogen and oxygen atoms in total. The van der Waals surface area contributed by atoms with E-state index in [1.54, 1.807) is 0 Å². The van der Waals surface area contributed by atoms with E-state index in [-0.39, 0.29) is 0 Å². The van der Waals surface area contributed by atoms with E-state index in [0.717, 1.165) is 12.2 Å². The summed E-state index contributed by atoms with van der Waals surface area (Å²) in [5.74, 6) is 0.936. The lowest BCUT2D eigenvalue weighted by Crippen LogP contribution is -1.97. The molecule has 1 heteroatoms. The van der Waals surface area contributed by atoms with Gasteiger partial charge in [-0.15, -0.1) is 0 Å². The van der Waals surface area contributed by atoms with Gasteiger partial charge in [0, 0.05) is 5.56 Å². The van der Waals surface area contributed by atoms with E-state index in [9.17, 15) is 0 Å². The van der Waals surface area contributed by atoms with Gasteiger partial charge in [0.05, 0.1) is 0 Å². The number of rotatable bonds is 0. The van der Waals surface area contributed by atoms with E-state index < -0.39 is 0 Å². The number of benzene rings is 2. The molecule has 0 unspecified atom stereocenters. The summed E-state index contributed by atoms with van der Waals surface area (Å²) >= 11 is 0. The quantitative estimate of drug-likeness (QED) is 0.606. The Bertz CT molecular complexity index is 512. The van der Waals surface area contributed by atoms with Crippen LogP contribution in [0.4, 0.5) is 0 Å². The van der Waals surface area contributed by atoms with Gasteiger partial charge in [0.2, 0.25) is 0 Å². The molecule has 0 spiro atoms. The monoisotopic (exact) mass is 181 g/mol. The summed E-state index contributed by atoms with van der Waals surface area (Å²) in [4.78, 5) is 0. The fourth-order valence-corrected chi connectivity index (χ4v) is 1.87. The van der Waals surface area contributed by atoms with Crippen LogP contribution in [0.2, 0.25) is 0 Å². The fraction of sp³-hybridized carbons (Fsp3) is 0.0769. The molecule has 0 bridgehead atoms. The Morgan fingerprint density at radius 2 is 2.00 bits per heavy atom. The summed E-state index contributed by atoms with van der Waals surface area (Å²) < 4.78 is 5.33. The van der Waals surface area contributed by atoms with Gasteiger partial charge in [-0.1, -0.05) is 30.3 Å². The van der Waals surface area contributed by atoms with Gasteiger partial charge in [-0.05, 0) is 29.3 Å². The van der Waals surface area contributed by atoms with Crippen molar-refractivity contribution >= 4 is 10.8 Å². The third kappa shape index (κ3) is 1.02. The summed E-state index contributed by atoms with van der Waals surface area (Å²) in [6, 6.07) is 12.5. The van der Waals surface area contributed by atoms with Crippen molar-refractivity contribution in [1.29, 1.82) is 0 Å². The molecule has 1 aliphatic heterocycles. The number of allylic oxidation sites excluding steroid dienone is 1. The average Bonchev–Trinajstić information content (AvgIpc) is 2.29. The Morgan fingerprint density at radius 1 is 1.07 bits per heavy atom. The molecule has 0 atom stereocenters. The van der Waals surface area contributed by atoms with E-state index in [2.05, 4.69) is 36.6 Å². The van der Waals surface area contributed by atoms with E-state index in [1.807, 2.05) is 12.1 Å².